The highest BCUT2D eigenvalue weighted by atomic mass is 19.3. The topological polar surface area (TPSA) is 38.0 Å². The van der Waals surface area contributed by atoms with E-state index in [9.17, 15) is 17.6 Å². The Bertz CT molecular complexity index is 204. The van der Waals surface area contributed by atoms with E-state index < -0.39 is 18.9 Å². The number of rotatable bonds is 6. The van der Waals surface area contributed by atoms with Crippen LogP contribution in [0.3, 0.4) is 0 Å². The predicted molar refractivity (Wildman–Crippen MR) is 49.2 cm³/mol. The third kappa shape index (κ3) is 3.61. The normalized spacial score (nSPS) is 20.4. The Balaban J connectivity index is 2.11. The van der Waals surface area contributed by atoms with Crippen LogP contribution in [0.5, 0.6) is 0 Å². The van der Waals surface area contributed by atoms with E-state index in [1.54, 1.807) is 0 Å². The second kappa shape index (κ2) is 4.65. The van der Waals surface area contributed by atoms with Gasteiger partial charge in [-0.1, -0.05) is 0 Å². The van der Waals surface area contributed by atoms with Gasteiger partial charge < -0.3 is 11.1 Å². The van der Waals surface area contributed by atoms with Crippen LogP contribution in [-0.2, 0) is 0 Å². The molecular weight excluding hydrogens is 212 g/mol. The first-order chi connectivity index (χ1) is 6.86. The second-order valence-electron chi connectivity index (χ2n) is 4.20. The molecule has 0 radical (unpaired) electrons. The van der Waals surface area contributed by atoms with E-state index in [4.69, 9.17) is 5.73 Å². The van der Waals surface area contributed by atoms with Crippen LogP contribution in [0.25, 0.3) is 0 Å². The van der Waals surface area contributed by atoms with E-state index in [1.165, 1.54) is 0 Å². The highest BCUT2D eigenvalue weighted by molar-refractivity contribution is 4.92. The zero-order chi connectivity index (χ0) is 11.5. The lowest BCUT2D eigenvalue weighted by atomic mass is 9.75. The summed E-state index contributed by atoms with van der Waals surface area (Å²) in [7, 11) is 0. The van der Waals surface area contributed by atoms with Gasteiger partial charge in [0.1, 0.15) is 0 Å². The molecule has 90 valence electrons. The summed E-state index contributed by atoms with van der Waals surface area (Å²) >= 11 is 0. The maximum Gasteiger partial charge on any atom is 0.319 e. The first-order valence-electron chi connectivity index (χ1n) is 5.01. The average Bonchev–Trinajstić information content (AvgIpc) is 2.09. The number of halogens is 4. The van der Waals surface area contributed by atoms with Gasteiger partial charge in [0, 0.05) is 5.54 Å². The van der Waals surface area contributed by atoms with Gasteiger partial charge in [-0.2, -0.15) is 8.78 Å². The molecule has 0 spiro atoms. The van der Waals surface area contributed by atoms with Gasteiger partial charge in [0.05, 0.1) is 6.54 Å². The van der Waals surface area contributed by atoms with Crippen LogP contribution in [-0.4, -0.2) is 31.0 Å². The molecule has 0 aromatic heterocycles. The Morgan fingerprint density at radius 1 is 1.33 bits per heavy atom. The molecule has 15 heavy (non-hydrogen) atoms. The molecular formula is C9H16F4N2. The van der Waals surface area contributed by atoms with Crippen LogP contribution >= 0.6 is 0 Å². The van der Waals surface area contributed by atoms with E-state index in [1.807, 2.05) is 0 Å². The lowest BCUT2D eigenvalue weighted by Crippen LogP contribution is -2.49. The molecule has 1 aliphatic carbocycles. The Labute approximate surface area is 86.2 Å². The summed E-state index contributed by atoms with van der Waals surface area (Å²) in [6.45, 7) is -0.723. The molecule has 0 saturated heterocycles. The minimum atomic E-state index is -3.94. The minimum absolute atomic E-state index is 0.257. The van der Waals surface area contributed by atoms with Crippen LogP contribution < -0.4 is 11.1 Å². The summed E-state index contributed by atoms with van der Waals surface area (Å²) < 4.78 is 48.3. The van der Waals surface area contributed by atoms with Crippen molar-refractivity contribution in [2.75, 3.05) is 13.1 Å². The van der Waals surface area contributed by atoms with Crippen molar-refractivity contribution in [2.24, 2.45) is 5.73 Å². The van der Waals surface area contributed by atoms with Crippen LogP contribution in [0.1, 0.15) is 25.7 Å². The van der Waals surface area contributed by atoms with Crippen molar-refractivity contribution in [3.63, 3.8) is 0 Å². The molecule has 1 rings (SSSR count). The van der Waals surface area contributed by atoms with E-state index >= 15 is 0 Å². The molecule has 1 aliphatic rings. The maximum atomic E-state index is 12.4. The van der Waals surface area contributed by atoms with E-state index in [2.05, 4.69) is 5.32 Å². The van der Waals surface area contributed by atoms with Crippen LogP contribution in [0.2, 0.25) is 0 Å². The monoisotopic (exact) mass is 228 g/mol. The quantitative estimate of drug-likeness (QED) is 0.537. The SMILES string of the molecule is NC1(CCNCC(F)(F)C(F)F)CCC1. The molecule has 0 aromatic carbocycles. The van der Waals surface area contributed by atoms with Gasteiger partial charge in [0.15, 0.2) is 0 Å². The van der Waals surface area contributed by atoms with Crippen molar-refractivity contribution in [2.45, 2.75) is 43.6 Å². The molecule has 0 atom stereocenters. The molecule has 0 aliphatic heterocycles. The Kier molecular flexibility index (Phi) is 3.94. The van der Waals surface area contributed by atoms with Gasteiger partial charge in [0.25, 0.3) is 0 Å². The Morgan fingerprint density at radius 3 is 2.33 bits per heavy atom. The fraction of sp³-hybridized carbons (Fsp3) is 1.00. The summed E-state index contributed by atoms with van der Waals surface area (Å²) in [4.78, 5) is 0. The van der Waals surface area contributed by atoms with Gasteiger partial charge in [-0.15, -0.1) is 0 Å². The van der Waals surface area contributed by atoms with Crippen molar-refractivity contribution >= 4 is 0 Å². The fourth-order valence-electron chi connectivity index (χ4n) is 1.55. The fourth-order valence-corrected chi connectivity index (χ4v) is 1.55. The van der Waals surface area contributed by atoms with E-state index in [0.29, 0.717) is 6.42 Å². The summed E-state index contributed by atoms with van der Waals surface area (Å²) in [5, 5.41) is 2.32. The largest absolute Gasteiger partial charge is 0.325 e. The number of hydrogen-bond acceptors (Lipinski definition) is 2. The first-order valence-corrected chi connectivity index (χ1v) is 5.01. The molecule has 0 unspecified atom stereocenters. The predicted octanol–water partition coefficient (Wildman–Crippen LogP) is 1.75. The van der Waals surface area contributed by atoms with Crippen molar-refractivity contribution in [1.29, 1.82) is 0 Å². The molecule has 0 amide bonds. The maximum absolute atomic E-state index is 12.4. The molecule has 2 nitrogen and oxygen atoms in total. The van der Waals surface area contributed by atoms with Crippen molar-refractivity contribution in [1.82, 2.24) is 5.32 Å². The lowest BCUT2D eigenvalue weighted by Gasteiger charge is -2.38. The summed E-state index contributed by atoms with van der Waals surface area (Å²) in [6, 6.07) is 0. The standard InChI is InChI=1S/C9H16F4N2/c10-7(11)9(12,13)6-15-5-4-8(14)2-1-3-8/h7,15H,1-6,14H2. The summed E-state index contributed by atoms with van der Waals surface area (Å²) in [5.74, 6) is -3.94. The number of nitrogens with one attached hydrogen (secondary N) is 1. The number of nitrogens with two attached hydrogens (primary N) is 1. The van der Waals surface area contributed by atoms with Crippen molar-refractivity contribution in [3.05, 3.63) is 0 Å². The molecule has 0 bridgehead atoms. The van der Waals surface area contributed by atoms with Crippen molar-refractivity contribution < 1.29 is 17.6 Å². The highest BCUT2D eigenvalue weighted by Crippen LogP contribution is 2.31. The first kappa shape index (κ1) is 12.7. The minimum Gasteiger partial charge on any atom is -0.325 e. The third-order valence-corrected chi connectivity index (χ3v) is 2.83. The highest BCUT2D eigenvalue weighted by Gasteiger charge is 2.40. The third-order valence-electron chi connectivity index (χ3n) is 2.83. The van der Waals surface area contributed by atoms with Crippen LogP contribution in [0.15, 0.2) is 0 Å². The van der Waals surface area contributed by atoms with Crippen LogP contribution in [0, 0.1) is 0 Å². The van der Waals surface area contributed by atoms with Gasteiger partial charge in [-0.3, -0.25) is 0 Å². The number of hydrogen-bond donors (Lipinski definition) is 2. The van der Waals surface area contributed by atoms with Crippen LogP contribution in [0.4, 0.5) is 17.6 Å². The van der Waals surface area contributed by atoms with Crippen molar-refractivity contribution in [3.8, 4) is 0 Å². The average molecular weight is 228 g/mol. The molecule has 6 heteroatoms. The van der Waals surface area contributed by atoms with Gasteiger partial charge in [-0.25, -0.2) is 8.78 Å². The smallest absolute Gasteiger partial charge is 0.319 e. The molecule has 1 saturated carbocycles. The summed E-state index contributed by atoms with van der Waals surface area (Å²) in [5.41, 5.74) is 5.58. The molecule has 0 aromatic rings. The van der Waals surface area contributed by atoms with Gasteiger partial charge in [-0.05, 0) is 32.2 Å². The molecule has 1 fully saturated rings. The number of alkyl halides is 4. The Hall–Kier alpha value is -0.360. The van der Waals surface area contributed by atoms with E-state index in [0.717, 1.165) is 19.3 Å². The van der Waals surface area contributed by atoms with Gasteiger partial charge in [0.2, 0.25) is 0 Å². The second-order valence-corrected chi connectivity index (χ2v) is 4.20. The van der Waals surface area contributed by atoms with Gasteiger partial charge >= 0.3 is 12.3 Å². The molecule has 3 N–H and O–H groups in total. The zero-order valence-electron chi connectivity index (χ0n) is 8.41. The lowest BCUT2D eigenvalue weighted by molar-refractivity contribution is -0.125. The summed E-state index contributed by atoms with van der Waals surface area (Å²) in [6.07, 6.45) is -0.212. The Morgan fingerprint density at radius 2 is 1.93 bits per heavy atom. The zero-order valence-corrected chi connectivity index (χ0v) is 8.41. The van der Waals surface area contributed by atoms with E-state index in [-0.39, 0.29) is 12.1 Å². The molecule has 0 heterocycles.